The molecule has 2 aromatic rings. The molecule has 6 nitrogen and oxygen atoms in total. The van der Waals surface area contributed by atoms with Crippen molar-refractivity contribution in [2.75, 3.05) is 13.1 Å². The van der Waals surface area contributed by atoms with Crippen LogP contribution in [0.15, 0.2) is 36.7 Å². The highest BCUT2D eigenvalue weighted by Gasteiger charge is 2.43. The van der Waals surface area contributed by atoms with E-state index in [1.165, 1.54) is 0 Å². The Kier molecular flexibility index (Phi) is 5.81. The summed E-state index contributed by atoms with van der Waals surface area (Å²) >= 11 is 0. The molecule has 2 aliphatic rings. The molecule has 1 N–H and O–H groups in total. The smallest absolute Gasteiger partial charge is 0.222 e. The van der Waals surface area contributed by atoms with Gasteiger partial charge in [0.1, 0.15) is 11.9 Å². The van der Waals surface area contributed by atoms with Crippen molar-refractivity contribution in [3.05, 3.63) is 53.6 Å². The first-order valence-corrected chi connectivity index (χ1v) is 10.4. The minimum absolute atomic E-state index is 0.189. The van der Waals surface area contributed by atoms with E-state index in [1.54, 1.807) is 6.20 Å². The normalized spacial score (nSPS) is 26.2. The van der Waals surface area contributed by atoms with Crippen molar-refractivity contribution >= 4 is 5.91 Å². The number of aliphatic hydroxyl groups excluding tert-OH is 1. The molecule has 0 radical (unpaired) electrons. The number of ether oxygens (including phenoxy) is 1. The Morgan fingerprint density at radius 1 is 1.21 bits per heavy atom. The summed E-state index contributed by atoms with van der Waals surface area (Å²) in [7, 11) is 0. The van der Waals surface area contributed by atoms with Crippen molar-refractivity contribution in [2.45, 2.75) is 51.7 Å². The summed E-state index contributed by atoms with van der Waals surface area (Å²) in [5, 5.41) is 10.6. The predicted molar refractivity (Wildman–Crippen MR) is 109 cm³/mol. The average Bonchev–Trinajstić information content (AvgIpc) is 3.12. The number of aliphatic hydroxyl groups is 1. The monoisotopic (exact) mass is 395 g/mol. The lowest BCUT2D eigenvalue weighted by Gasteiger charge is -2.35. The van der Waals surface area contributed by atoms with Crippen LogP contribution in [0.5, 0.6) is 5.75 Å². The van der Waals surface area contributed by atoms with Crippen molar-refractivity contribution in [2.24, 2.45) is 11.8 Å². The maximum Gasteiger partial charge on any atom is 0.222 e. The lowest BCUT2D eigenvalue weighted by Crippen LogP contribution is -2.42. The van der Waals surface area contributed by atoms with Gasteiger partial charge in [-0.3, -0.25) is 14.8 Å². The van der Waals surface area contributed by atoms with E-state index in [2.05, 4.69) is 9.97 Å². The molecule has 0 unspecified atom stereocenters. The first-order valence-electron chi connectivity index (χ1n) is 10.4. The van der Waals surface area contributed by atoms with Crippen LogP contribution in [0.25, 0.3) is 0 Å². The van der Waals surface area contributed by atoms with Crippen LogP contribution in [0.1, 0.15) is 36.2 Å². The zero-order valence-electron chi connectivity index (χ0n) is 17.1. The molecule has 1 aliphatic carbocycles. The third-order valence-corrected chi connectivity index (χ3v) is 6.24. The van der Waals surface area contributed by atoms with Crippen LogP contribution in [0.2, 0.25) is 0 Å². The Morgan fingerprint density at radius 2 is 2.00 bits per heavy atom. The third kappa shape index (κ3) is 4.58. The van der Waals surface area contributed by atoms with Crippen LogP contribution < -0.4 is 4.74 Å². The van der Waals surface area contributed by atoms with Gasteiger partial charge in [-0.05, 0) is 68.7 Å². The Balaban J connectivity index is 1.34. The van der Waals surface area contributed by atoms with Gasteiger partial charge in [-0.2, -0.15) is 0 Å². The zero-order chi connectivity index (χ0) is 20.4. The summed E-state index contributed by atoms with van der Waals surface area (Å²) in [6.45, 7) is 5.38. The highest BCUT2D eigenvalue weighted by molar-refractivity contribution is 5.76. The topological polar surface area (TPSA) is 75.5 Å². The van der Waals surface area contributed by atoms with Gasteiger partial charge in [-0.15, -0.1) is 0 Å². The number of fused-ring (bicyclic) bond motifs is 1. The van der Waals surface area contributed by atoms with Crippen molar-refractivity contribution in [3.63, 3.8) is 0 Å². The van der Waals surface area contributed by atoms with E-state index in [-0.39, 0.29) is 12.0 Å². The quantitative estimate of drug-likeness (QED) is 0.842. The fraction of sp³-hybridized carbons (Fsp3) is 0.522. The third-order valence-electron chi connectivity index (χ3n) is 6.24. The molecule has 6 heteroatoms. The summed E-state index contributed by atoms with van der Waals surface area (Å²) in [6.07, 6.45) is 5.47. The average molecular weight is 396 g/mol. The molecular formula is C23H29N3O3. The summed E-state index contributed by atoms with van der Waals surface area (Å²) in [5.41, 5.74) is 2.89. The molecule has 1 saturated carbocycles. The first kappa shape index (κ1) is 19.8. The number of likely N-dealkylation sites (tertiary alicyclic amines) is 1. The lowest BCUT2D eigenvalue weighted by molar-refractivity contribution is -0.130. The van der Waals surface area contributed by atoms with Crippen LogP contribution in [-0.2, 0) is 11.2 Å². The van der Waals surface area contributed by atoms with Gasteiger partial charge in [0, 0.05) is 37.6 Å². The molecule has 0 bridgehead atoms. The molecule has 29 heavy (non-hydrogen) atoms. The number of rotatable bonds is 5. The van der Waals surface area contributed by atoms with Gasteiger partial charge in [0.15, 0.2) is 0 Å². The van der Waals surface area contributed by atoms with Crippen LogP contribution in [-0.4, -0.2) is 51.2 Å². The molecule has 4 atom stereocenters. The molecule has 1 amide bonds. The number of aromatic nitrogens is 2. The Hall–Kier alpha value is -2.47. The van der Waals surface area contributed by atoms with E-state index >= 15 is 0 Å². The summed E-state index contributed by atoms with van der Waals surface area (Å²) in [6, 6.07) is 7.76. The second kappa shape index (κ2) is 8.49. The zero-order valence-corrected chi connectivity index (χ0v) is 17.1. The number of amides is 1. The maximum atomic E-state index is 12.7. The fourth-order valence-electron chi connectivity index (χ4n) is 4.64. The van der Waals surface area contributed by atoms with Crippen LogP contribution >= 0.6 is 0 Å². The van der Waals surface area contributed by atoms with Gasteiger partial charge in [-0.25, -0.2) is 0 Å². The van der Waals surface area contributed by atoms with Crippen LogP contribution in [0.4, 0.5) is 0 Å². The number of pyridine rings is 2. The van der Waals surface area contributed by atoms with Gasteiger partial charge in [0.25, 0.3) is 0 Å². The molecular weight excluding hydrogens is 366 g/mol. The molecule has 4 rings (SSSR count). The standard InChI is InChI=1S/C23H29N3O3/c1-15-5-7-21(16(2)25-15)29-22-11-19-14-26(13-18(19)10-20(22)27)23(28)8-6-17-4-3-9-24-12-17/h3-5,7,9,12,18-20,22,27H,6,8,10-11,13-14H2,1-2H3/t18-,19+,20+,22+/m0/s1. The number of aryl methyl sites for hydroxylation is 3. The van der Waals surface area contributed by atoms with Crippen molar-refractivity contribution in [1.82, 2.24) is 14.9 Å². The van der Waals surface area contributed by atoms with E-state index in [4.69, 9.17) is 4.74 Å². The van der Waals surface area contributed by atoms with E-state index in [9.17, 15) is 9.90 Å². The van der Waals surface area contributed by atoms with E-state index in [0.29, 0.717) is 31.1 Å². The van der Waals surface area contributed by atoms with Crippen molar-refractivity contribution < 1.29 is 14.6 Å². The van der Waals surface area contributed by atoms with Crippen molar-refractivity contribution in [1.29, 1.82) is 0 Å². The molecule has 0 spiro atoms. The lowest BCUT2D eigenvalue weighted by atomic mass is 9.78. The van der Waals surface area contributed by atoms with E-state index < -0.39 is 6.10 Å². The minimum Gasteiger partial charge on any atom is -0.486 e. The highest BCUT2D eigenvalue weighted by Crippen LogP contribution is 2.38. The van der Waals surface area contributed by atoms with Gasteiger partial charge in [0.05, 0.1) is 11.8 Å². The Bertz CT molecular complexity index is 858. The first-order chi connectivity index (χ1) is 14.0. The number of hydrogen-bond donors (Lipinski definition) is 1. The van der Waals surface area contributed by atoms with Gasteiger partial charge >= 0.3 is 0 Å². The van der Waals surface area contributed by atoms with Crippen LogP contribution in [0, 0.1) is 25.7 Å². The number of carbonyl (C=O) groups is 1. The summed E-state index contributed by atoms with van der Waals surface area (Å²) in [4.78, 5) is 23.2. The number of hydrogen-bond acceptors (Lipinski definition) is 5. The fourth-order valence-corrected chi connectivity index (χ4v) is 4.64. The second-order valence-corrected chi connectivity index (χ2v) is 8.41. The molecule has 1 saturated heterocycles. The molecule has 0 aromatic carbocycles. The largest absolute Gasteiger partial charge is 0.486 e. The van der Waals surface area contributed by atoms with E-state index in [1.807, 2.05) is 49.2 Å². The number of nitrogens with zero attached hydrogens (tertiary/aromatic N) is 3. The SMILES string of the molecule is Cc1ccc(O[C@@H]2C[C@@H]3CN(C(=O)CCc4cccnc4)C[C@@H]3C[C@H]2O)c(C)n1. The van der Waals surface area contributed by atoms with E-state index in [0.717, 1.165) is 42.2 Å². The summed E-state index contributed by atoms with van der Waals surface area (Å²) in [5.74, 6) is 1.66. The van der Waals surface area contributed by atoms with Gasteiger partial charge in [0.2, 0.25) is 5.91 Å². The van der Waals surface area contributed by atoms with Crippen molar-refractivity contribution in [3.8, 4) is 5.75 Å². The number of carbonyl (C=O) groups excluding carboxylic acids is 1. The predicted octanol–water partition coefficient (Wildman–Crippen LogP) is 2.70. The molecule has 154 valence electrons. The highest BCUT2D eigenvalue weighted by atomic mass is 16.5. The Labute approximate surface area is 171 Å². The second-order valence-electron chi connectivity index (χ2n) is 8.41. The van der Waals surface area contributed by atoms with Gasteiger partial charge in [-0.1, -0.05) is 6.07 Å². The molecule has 2 fully saturated rings. The minimum atomic E-state index is -0.512. The molecule has 1 aliphatic heterocycles. The summed E-state index contributed by atoms with van der Waals surface area (Å²) < 4.78 is 6.14. The molecule has 2 aromatic heterocycles. The Morgan fingerprint density at radius 3 is 2.72 bits per heavy atom. The van der Waals surface area contributed by atoms with Gasteiger partial charge < -0.3 is 14.7 Å². The molecule has 3 heterocycles. The van der Waals surface area contributed by atoms with Crippen LogP contribution in [0.3, 0.4) is 0 Å². The maximum absolute atomic E-state index is 12.7.